The van der Waals surface area contributed by atoms with Gasteiger partial charge in [0, 0.05) is 12.6 Å². The largest absolute Gasteiger partial charge is 0.368 e. The smallest absolute Gasteiger partial charge is 0.237 e. The number of carbonyl (C=O) groups is 1. The number of hydrogen-bond acceptors (Lipinski definition) is 4. The van der Waals surface area contributed by atoms with Crippen LogP contribution in [0.1, 0.15) is 38.5 Å². The number of hydrogen-bond donors (Lipinski definition) is 2. The van der Waals surface area contributed by atoms with E-state index in [0.29, 0.717) is 6.04 Å². The Labute approximate surface area is 122 Å². The third-order valence-corrected chi connectivity index (χ3v) is 5.38. The van der Waals surface area contributed by atoms with Gasteiger partial charge in [-0.2, -0.15) is 0 Å². The van der Waals surface area contributed by atoms with Crippen LogP contribution in [0.5, 0.6) is 0 Å². The van der Waals surface area contributed by atoms with Crippen LogP contribution in [-0.4, -0.2) is 61.0 Å². The van der Waals surface area contributed by atoms with E-state index in [1.54, 1.807) is 0 Å². The summed E-state index contributed by atoms with van der Waals surface area (Å²) >= 11 is 0. The second kappa shape index (κ2) is 6.41. The van der Waals surface area contributed by atoms with E-state index in [2.05, 4.69) is 23.9 Å². The van der Waals surface area contributed by atoms with E-state index in [9.17, 15) is 4.79 Å². The Morgan fingerprint density at radius 3 is 2.75 bits per heavy atom. The zero-order valence-electron chi connectivity index (χ0n) is 13.0. The summed E-state index contributed by atoms with van der Waals surface area (Å²) in [6.07, 6.45) is 6.40. The van der Waals surface area contributed by atoms with E-state index >= 15 is 0 Å². The average molecular weight is 282 g/mol. The van der Waals surface area contributed by atoms with Gasteiger partial charge in [-0.25, -0.2) is 0 Å². The number of primary amides is 1. The van der Waals surface area contributed by atoms with Crippen LogP contribution in [0.2, 0.25) is 0 Å². The molecule has 1 amide bonds. The van der Waals surface area contributed by atoms with Crippen molar-refractivity contribution in [3.63, 3.8) is 0 Å². The van der Waals surface area contributed by atoms with Crippen molar-refractivity contribution in [2.24, 2.45) is 17.4 Å². The monoisotopic (exact) mass is 282 g/mol. The lowest BCUT2D eigenvalue weighted by Gasteiger charge is -2.31. The van der Waals surface area contributed by atoms with Gasteiger partial charge >= 0.3 is 0 Å². The molecule has 5 nitrogen and oxygen atoms in total. The summed E-state index contributed by atoms with van der Waals surface area (Å²) in [5.74, 6) is -0.0677. The van der Waals surface area contributed by atoms with Crippen molar-refractivity contribution in [2.75, 3.05) is 33.7 Å². The fourth-order valence-corrected chi connectivity index (χ4v) is 3.87. The van der Waals surface area contributed by atoms with Crippen LogP contribution in [0.3, 0.4) is 0 Å². The van der Waals surface area contributed by atoms with Crippen molar-refractivity contribution in [1.82, 2.24) is 9.80 Å². The number of amides is 1. The maximum atomic E-state index is 11.6. The molecule has 0 radical (unpaired) electrons. The maximum Gasteiger partial charge on any atom is 0.237 e. The van der Waals surface area contributed by atoms with Gasteiger partial charge in [-0.3, -0.25) is 4.79 Å². The van der Waals surface area contributed by atoms with Gasteiger partial charge in [-0.05, 0) is 65.2 Å². The van der Waals surface area contributed by atoms with Crippen molar-refractivity contribution < 1.29 is 4.79 Å². The molecule has 2 fully saturated rings. The van der Waals surface area contributed by atoms with E-state index in [1.807, 2.05) is 0 Å². The van der Waals surface area contributed by atoms with Crippen LogP contribution in [0.15, 0.2) is 0 Å². The minimum atomic E-state index is -0.759. The van der Waals surface area contributed by atoms with Gasteiger partial charge in [-0.15, -0.1) is 0 Å². The highest BCUT2D eigenvalue weighted by Crippen LogP contribution is 2.35. The van der Waals surface area contributed by atoms with Gasteiger partial charge in [0.1, 0.15) is 0 Å². The Morgan fingerprint density at radius 2 is 2.15 bits per heavy atom. The Hall–Kier alpha value is -0.650. The molecule has 1 saturated heterocycles. The Bertz CT molecular complexity index is 349. The number of rotatable bonds is 6. The lowest BCUT2D eigenvalue weighted by Crippen LogP contribution is -2.55. The summed E-state index contributed by atoms with van der Waals surface area (Å²) in [5.41, 5.74) is 11.0. The summed E-state index contributed by atoms with van der Waals surface area (Å²) in [5, 5.41) is 0. The molecule has 0 aromatic rings. The third kappa shape index (κ3) is 3.32. The predicted octanol–water partition coefficient (Wildman–Crippen LogP) is 0.385. The molecule has 20 heavy (non-hydrogen) atoms. The highest BCUT2D eigenvalue weighted by Gasteiger charge is 2.43. The first-order valence-electron chi connectivity index (χ1n) is 7.91. The van der Waals surface area contributed by atoms with Gasteiger partial charge in [0.25, 0.3) is 0 Å². The number of likely N-dealkylation sites (N-methyl/N-ethyl adjacent to an activating group) is 2. The summed E-state index contributed by atoms with van der Waals surface area (Å²) in [6, 6.07) is 0.683. The van der Waals surface area contributed by atoms with Gasteiger partial charge in [-0.1, -0.05) is 6.42 Å². The molecule has 1 heterocycles. The zero-order valence-corrected chi connectivity index (χ0v) is 13.0. The number of carbonyl (C=O) groups excluding carboxylic acids is 1. The molecule has 3 atom stereocenters. The Morgan fingerprint density at radius 1 is 1.40 bits per heavy atom. The molecule has 116 valence electrons. The van der Waals surface area contributed by atoms with E-state index < -0.39 is 5.54 Å². The molecule has 2 aliphatic rings. The number of nitrogens with two attached hydrogens (primary N) is 2. The molecular weight excluding hydrogens is 252 g/mol. The first kappa shape index (κ1) is 15.7. The highest BCUT2D eigenvalue weighted by molar-refractivity contribution is 5.85. The normalized spacial score (nSPS) is 35.0. The molecule has 0 aromatic heterocycles. The first-order chi connectivity index (χ1) is 9.43. The average Bonchev–Trinajstić information content (AvgIpc) is 2.95. The fourth-order valence-electron chi connectivity index (χ4n) is 3.87. The predicted molar refractivity (Wildman–Crippen MR) is 81.2 cm³/mol. The molecule has 5 heteroatoms. The summed E-state index contributed by atoms with van der Waals surface area (Å²) < 4.78 is 0. The summed E-state index contributed by atoms with van der Waals surface area (Å²) in [6.45, 7) is 3.33. The van der Waals surface area contributed by atoms with Crippen LogP contribution in [0, 0.1) is 5.92 Å². The summed E-state index contributed by atoms with van der Waals surface area (Å²) in [7, 11) is 4.38. The van der Waals surface area contributed by atoms with Gasteiger partial charge < -0.3 is 21.3 Å². The van der Waals surface area contributed by atoms with Crippen molar-refractivity contribution >= 4 is 5.91 Å². The lowest BCUT2D eigenvalue weighted by molar-refractivity contribution is -0.124. The van der Waals surface area contributed by atoms with E-state index in [4.69, 9.17) is 11.5 Å². The maximum absolute atomic E-state index is 11.6. The van der Waals surface area contributed by atoms with Crippen molar-refractivity contribution in [3.05, 3.63) is 0 Å². The quantitative estimate of drug-likeness (QED) is 0.739. The third-order valence-electron chi connectivity index (χ3n) is 5.38. The van der Waals surface area contributed by atoms with Gasteiger partial charge in [0.15, 0.2) is 0 Å². The van der Waals surface area contributed by atoms with E-state index in [1.165, 1.54) is 19.4 Å². The second-order valence-electron chi connectivity index (χ2n) is 6.82. The number of likely N-dealkylation sites (tertiary alicyclic amines) is 1. The topological polar surface area (TPSA) is 75.6 Å². The number of nitrogens with zero attached hydrogens (tertiary/aromatic N) is 2. The van der Waals surface area contributed by atoms with Crippen LogP contribution >= 0.6 is 0 Å². The minimum absolute atomic E-state index is 0.253. The zero-order chi connectivity index (χ0) is 14.8. The highest BCUT2D eigenvalue weighted by atomic mass is 16.1. The molecule has 0 spiro atoms. The first-order valence-corrected chi connectivity index (χ1v) is 7.91. The molecule has 0 bridgehead atoms. The standard InChI is InChI=1S/C15H30N4O/c1-18(11-13-6-4-9-19(13)2)10-7-12-5-3-8-15(12,17)14(16)20/h12-13H,3-11,17H2,1-2H3,(H2,16,20). The van der Waals surface area contributed by atoms with E-state index in [-0.39, 0.29) is 11.8 Å². The van der Waals surface area contributed by atoms with Gasteiger partial charge in [0.05, 0.1) is 5.54 Å². The van der Waals surface area contributed by atoms with Crippen LogP contribution in [-0.2, 0) is 4.79 Å². The Kier molecular flexibility index (Phi) is 5.04. The SMILES string of the molecule is CN(CCC1CCCC1(N)C(N)=O)CC1CCCN1C. The molecule has 2 rings (SSSR count). The molecule has 0 aromatic carbocycles. The van der Waals surface area contributed by atoms with Gasteiger partial charge in [0.2, 0.25) is 5.91 Å². The summed E-state index contributed by atoms with van der Waals surface area (Å²) in [4.78, 5) is 16.4. The molecule has 3 unspecified atom stereocenters. The van der Waals surface area contributed by atoms with Crippen molar-refractivity contribution in [2.45, 2.75) is 50.1 Å². The fraction of sp³-hybridized carbons (Fsp3) is 0.933. The lowest BCUT2D eigenvalue weighted by atomic mass is 9.85. The van der Waals surface area contributed by atoms with Crippen LogP contribution in [0.25, 0.3) is 0 Å². The second-order valence-corrected chi connectivity index (χ2v) is 6.82. The molecular formula is C15H30N4O. The van der Waals surface area contributed by atoms with Crippen molar-refractivity contribution in [1.29, 1.82) is 0 Å². The van der Waals surface area contributed by atoms with Crippen LogP contribution in [0.4, 0.5) is 0 Å². The molecule has 1 aliphatic heterocycles. The van der Waals surface area contributed by atoms with Crippen molar-refractivity contribution in [3.8, 4) is 0 Å². The Balaban J connectivity index is 1.78. The molecule has 4 N–H and O–H groups in total. The molecule has 1 saturated carbocycles. The molecule has 1 aliphatic carbocycles. The minimum Gasteiger partial charge on any atom is -0.368 e. The van der Waals surface area contributed by atoms with Crippen LogP contribution < -0.4 is 11.5 Å². The van der Waals surface area contributed by atoms with E-state index in [0.717, 1.165) is 38.8 Å².